The summed E-state index contributed by atoms with van der Waals surface area (Å²) in [5, 5.41) is 4.12. The molecule has 0 atom stereocenters. The van der Waals surface area contributed by atoms with Crippen molar-refractivity contribution in [1.82, 2.24) is 4.98 Å². The van der Waals surface area contributed by atoms with Crippen molar-refractivity contribution in [2.45, 2.75) is 0 Å². The molecule has 4 aromatic rings. The zero-order valence-electron chi connectivity index (χ0n) is 11.3. The number of aromatic nitrogens is 1. The Hall–Kier alpha value is -2.38. The van der Waals surface area contributed by atoms with Crippen molar-refractivity contribution >= 4 is 33.3 Å². The monoisotopic (exact) mass is 289 g/mol. The number of pyridine rings is 1. The van der Waals surface area contributed by atoms with Crippen LogP contribution in [0, 0.1) is 0 Å². The molecule has 1 aromatic heterocycles. The van der Waals surface area contributed by atoms with Gasteiger partial charge in [-0.05, 0) is 29.7 Å². The Kier molecular flexibility index (Phi) is 2.87. The molecule has 21 heavy (non-hydrogen) atoms. The summed E-state index contributed by atoms with van der Waals surface area (Å²) in [7, 11) is 0. The molecule has 0 aliphatic carbocycles. The van der Waals surface area contributed by atoms with Gasteiger partial charge in [-0.15, -0.1) is 0 Å². The van der Waals surface area contributed by atoms with Gasteiger partial charge in [0.2, 0.25) is 0 Å². The molecular formula is C19H12ClN. The maximum absolute atomic E-state index is 6.40. The van der Waals surface area contributed by atoms with Crippen LogP contribution < -0.4 is 0 Å². The van der Waals surface area contributed by atoms with Crippen LogP contribution in [0.5, 0.6) is 0 Å². The normalized spacial score (nSPS) is 11.1. The Balaban J connectivity index is 1.95. The van der Waals surface area contributed by atoms with E-state index in [9.17, 15) is 0 Å². The van der Waals surface area contributed by atoms with Gasteiger partial charge in [-0.1, -0.05) is 60.1 Å². The molecule has 0 unspecified atom stereocenters. The van der Waals surface area contributed by atoms with Crippen molar-refractivity contribution in [3.63, 3.8) is 0 Å². The number of benzene rings is 3. The Bertz CT molecular complexity index is 960. The predicted octanol–water partition coefficient (Wildman–Crippen LogP) is 5.71. The van der Waals surface area contributed by atoms with Gasteiger partial charge in [-0.2, -0.15) is 0 Å². The van der Waals surface area contributed by atoms with E-state index in [-0.39, 0.29) is 0 Å². The van der Waals surface area contributed by atoms with Gasteiger partial charge in [-0.3, -0.25) is 0 Å². The molecule has 0 aliphatic rings. The second-order valence-corrected chi connectivity index (χ2v) is 5.48. The number of nitrogens with zero attached hydrogens (tertiary/aromatic N) is 1. The van der Waals surface area contributed by atoms with Gasteiger partial charge < -0.3 is 0 Å². The van der Waals surface area contributed by atoms with Crippen molar-refractivity contribution in [1.29, 1.82) is 0 Å². The third kappa shape index (κ3) is 2.16. The number of halogens is 1. The highest BCUT2D eigenvalue weighted by molar-refractivity contribution is 6.35. The molecule has 3 aromatic carbocycles. The second-order valence-electron chi connectivity index (χ2n) is 5.07. The third-order valence-corrected chi connectivity index (χ3v) is 4.02. The zero-order valence-corrected chi connectivity index (χ0v) is 12.0. The van der Waals surface area contributed by atoms with E-state index in [1.807, 2.05) is 48.5 Å². The summed E-state index contributed by atoms with van der Waals surface area (Å²) in [6.07, 6.45) is 0. The van der Waals surface area contributed by atoms with Crippen LogP contribution in [0.4, 0.5) is 0 Å². The van der Waals surface area contributed by atoms with Gasteiger partial charge in [0, 0.05) is 21.4 Å². The van der Waals surface area contributed by atoms with Crippen LogP contribution in [0.25, 0.3) is 32.9 Å². The molecule has 0 aliphatic heterocycles. The average molecular weight is 290 g/mol. The second kappa shape index (κ2) is 4.87. The van der Waals surface area contributed by atoms with E-state index in [2.05, 4.69) is 24.3 Å². The molecule has 0 N–H and O–H groups in total. The average Bonchev–Trinajstić information content (AvgIpc) is 2.54. The minimum Gasteiger partial charge on any atom is -0.248 e. The van der Waals surface area contributed by atoms with Crippen molar-refractivity contribution in [3.8, 4) is 11.3 Å². The first kappa shape index (κ1) is 12.4. The maximum atomic E-state index is 6.40. The molecule has 0 amide bonds. The van der Waals surface area contributed by atoms with E-state index < -0.39 is 0 Å². The minimum absolute atomic E-state index is 0.762. The van der Waals surface area contributed by atoms with Crippen molar-refractivity contribution in [3.05, 3.63) is 77.8 Å². The fourth-order valence-corrected chi connectivity index (χ4v) is 2.93. The molecule has 0 saturated carbocycles. The summed E-state index contributed by atoms with van der Waals surface area (Å²) in [4.78, 5) is 4.73. The molecule has 0 bridgehead atoms. The predicted molar refractivity (Wildman–Crippen MR) is 89.7 cm³/mol. The van der Waals surface area contributed by atoms with Crippen LogP contribution in [0.1, 0.15) is 0 Å². The number of fused-ring (bicyclic) bond motifs is 2. The summed E-state index contributed by atoms with van der Waals surface area (Å²) in [5.74, 6) is 0. The van der Waals surface area contributed by atoms with Crippen LogP contribution in [0.15, 0.2) is 72.8 Å². The van der Waals surface area contributed by atoms with Crippen molar-refractivity contribution < 1.29 is 0 Å². The first-order valence-corrected chi connectivity index (χ1v) is 7.23. The summed E-state index contributed by atoms with van der Waals surface area (Å²) in [6.45, 7) is 0. The lowest BCUT2D eigenvalue weighted by Gasteiger charge is -2.07. The molecule has 1 heterocycles. The summed E-state index contributed by atoms with van der Waals surface area (Å²) < 4.78 is 0. The smallest absolute Gasteiger partial charge is 0.0710 e. The fraction of sp³-hybridized carbons (Fsp3) is 0. The van der Waals surface area contributed by atoms with Gasteiger partial charge in [0.25, 0.3) is 0 Å². The maximum Gasteiger partial charge on any atom is 0.0710 e. The Labute approximate surface area is 127 Å². The molecule has 2 heteroatoms. The van der Waals surface area contributed by atoms with Gasteiger partial charge in [-0.25, -0.2) is 4.98 Å². The van der Waals surface area contributed by atoms with E-state index >= 15 is 0 Å². The van der Waals surface area contributed by atoms with Gasteiger partial charge in [0.15, 0.2) is 0 Å². The quantitative estimate of drug-likeness (QED) is 0.437. The van der Waals surface area contributed by atoms with Gasteiger partial charge in [0.05, 0.1) is 11.2 Å². The highest BCUT2D eigenvalue weighted by Gasteiger charge is 2.06. The molecule has 0 radical (unpaired) electrons. The van der Waals surface area contributed by atoms with Crippen LogP contribution in [-0.2, 0) is 0 Å². The fourth-order valence-electron chi connectivity index (χ4n) is 2.64. The largest absolute Gasteiger partial charge is 0.248 e. The first-order valence-electron chi connectivity index (χ1n) is 6.86. The van der Waals surface area contributed by atoms with Crippen molar-refractivity contribution in [2.24, 2.45) is 0 Å². The molecule has 0 spiro atoms. The van der Waals surface area contributed by atoms with E-state index in [1.54, 1.807) is 0 Å². The summed E-state index contributed by atoms with van der Waals surface area (Å²) in [6, 6.07) is 24.5. The Morgan fingerprint density at radius 1 is 0.714 bits per heavy atom. The van der Waals surface area contributed by atoms with E-state index in [4.69, 9.17) is 16.6 Å². The van der Waals surface area contributed by atoms with Crippen molar-refractivity contribution in [2.75, 3.05) is 0 Å². The highest BCUT2D eigenvalue weighted by atomic mass is 35.5. The molecule has 1 nitrogen and oxygen atoms in total. The van der Waals surface area contributed by atoms with Gasteiger partial charge in [0.1, 0.15) is 0 Å². The number of hydrogen-bond donors (Lipinski definition) is 0. The Morgan fingerprint density at radius 3 is 2.38 bits per heavy atom. The first-order chi connectivity index (χ1) is 10.3. The zero-order chi connectivity index (χ0) is 14.2. The van der Waals surface area contributed by atoms with E-state index in [1.165, 1.54) is 0 Å². The van der Waals surface area contributed by atoms with Crippen LogP contribution in [0.3, 0.4) is 0 Å². The third-order valence-electron chi connectivity index (χ3n) is 3.71. The standard InChI is InChI=1S/C19H12ClN/c20-17-12-15(11-14-6-1-3-7-16(14)17)19-10-9-13-5-2-4-8-18(13)21-19/h1-12H. The molecule has 0 fully saturated rings. The van der Waals surface area contributed by atoms with Crippen LogP contribution in [0.2, 0.25) is 5.02 Å². The lowest BCUT2D eigenvalue weighted by molar-refractivity contribution is 1.40. The van der Waals surface area contributed by atoms with Crippen LogP contribution in [-0.4, -0.2) is 4.98 Å². The highest BCUT2D eigenvalue weighted by Crippen LogP contribution is 2.30. The summed E-state index contributed by atoms with van der Waals surface area (Å²) in [5.41, 5.74) is 2.99. The lowest BCUT2D eigenvalue weighted by atomic mass is 10.0. The molecule has 100 valence electrons. The van der Waals surface area contributed by atoms with Crippen LogP contribution >= 0.6 is 11.6 Å². The molecule has 4 rings (SSSR count). The molecule has 0 saturated heterocycles. The number of hydrogen-bond acceptors (Lipinski definition) is 1. The Morgan fingerprint density at radius 2 is 1.48 bits per heavy atom. The number of rotatable bonds is 1. The number of para-hydroxylation sites is 1. The van der Waals surface area contributed by atoms with E-state index in [0.717, 1.165) is 38.0 Å². The van der Waals surface area contributed by atoms with E-state index in [0.29, 0.717) is 0 Å². The van der Waals surface area contributed by atoms with Gasteiger partial charge >= 0.3 is 0 Å². The SMILES string of the molecule is Clc1cc(-c2ccc3ccccc3n2)cc2ccccc12. The molecular weight excluding hydrogens is 278 g/mol. The summed E-state index contributed by atoms with van der Waals surface area (Å²) >= 11 is 6.40. The topological polar surface area (TPSA) is 12.9 Å². The lowest BCUT2D eigenvalue weighted by Crippen LogP contribution is -1.86. The minimum atomic E-state index is 0.762.